The molecule has 1 aromatic carbocycles. The van der Waals surface area contributed by atoms with Crippen molar-refractivity contribution in [2.45, 2.75) is 64.5 Å². The molecule has 1 N–H and O–H groups in total. The van der Waals surface area contributed by atoms with Crippen LogP contribution in [-0.2, 0) is 16.0 Å². The number of thiophene rings is 1. The molecule has 0 saturated heterocycles. The standard InChI is InChI=1S/C27H31N3O2S/c1-19-14-20(2)16-23(15-19)30(25(31)17-24-11-7-13-33-24)26(21-8-6-12-28-18-21)27(32)29-22-9-4-3-5-10-22/h6-8,11-16,18,22,26H,3-5,9-10,17H2,1-2H3,(H,29,32)/t26-/m1/s1. The Balaban J connectivity index is 1.75. The lowest BCUT2D eigenvalue weighted by molar-refractivity contribution is -0.127. The van der Waals surface area contributed by atoms with Crippen LogP contribution in [0.4, 0.5) is 5.69 Å². The number of hydrogen-bond donors (Lipinski definition) is 1. The molecule has 0 unspecified atom stereocenters. The summed E-state index contributed by atoms with van der Waals surface area (Å²) in [6.07, 6.45) is 9.07. The summed E-state index contributed by atoms with van der Waals surface area (Å²) in [5, 5.41) is 5.22. The van der Waals surface area contributed by atoms with E-state index in [1.165, 1.54) is 6.42 Å². The molecule has 2 amide bonds. The van der Waals surface area contributed by atoms with Crippen LogP contribution in [0, 0.1) is 13.8 Å². The first-order valence-corrected chi connectivity index (χ1v) is 12.5. The number of aromatic nitrogens is 1. The number of nitrogens with zero attached hydrogens (tertiary/aromatic N) is 2. The van der Waals surface area contributed by atoms with E-state index in [2.05, 4.69) is 16.4 Å². The predicted molar refractivity (Wildman–Crippen MR) is 133 cm³/mol. The van der Waals surface area contributed by atoms with Gasteiger partial charge in [-0.05, 0) is 67.5 Å². The monoisotopic (exact) mass is 461 g/mol. The summed E-state index contributed by atoms with van der Waals surface area (Å²) in [6, 6.07) is 13.0. The van der Waals surface area contributed by atoms with Gasteiger partial charge in [0.05, 0.1) is 6.42 Å². The first-order chi connectivity index (χ1) is 16.0. The molecule has 1 fully saturated rings. The molecule has 0 radical (unpaired) electrons. The normalized spacial score (nSPS) is 15.1. The van der Waals surface area contributed by atoms with Gasteiger partial charge in [-0.3, -0.25) is 19.5 Å². The second-order valence-corrected chi connectivity index (χ2v) is 9.93. The van der Waals surface area contributed by atoms with Gasteiger partial charge in [-0.1, -0.05) is 37.5 Å². The SMILES string of the molecule is Cc1cc(C)cc(N(C(=O)Cc2cccs2)[C@@H](C(=O)NC2CCCCC2)c2cccnc2)c1. The average Bonchev–Trinajstić information content (AvgIpc) is 3.30. The zero-order chi connectivity index (χ0) is 23.2. The quantitative estimate of drug-likeness (QED) is 0.503. The number of carbonyl (C=O) groups excluding carboxylic acids is 2. The third-order valence-corrected chi connectivity index (χ3v) is 6.99. The number of benzene rings is 1. The van der Waals surface area contributed by atoms with Crippen molar-refractivity contribution in [3.8, 4) is 0 Å². The zero-order valence-corrected chi connectivity index (χ0v) is 20.1. The minimum Gasteiger partial charge on any atom is -0.351 e. The van der Waals surface area contributed by atoms with E-state index in [9.17, 15) is 9.59 Å². The van der Waals surface area contributed by atoms with Crippen LogP contribution in [0.1, 0.15) is 59.7 Å². The Kier molecular flexibility index (Phi) is 7.55. The lowest BCUT2D eigenvalue weighted by atomic mass is 9.94. The van der Waals surface area contributed by atoms with Crippen LogP contribution in [0.5, 0.6) is 0 Å². The van der Waals surface area contributed by atoms with Crippen LogP contribution in [0.25, 0.3) is 0 Å². The van der Waals surface area contributed by atoms with Crippen molar-refractivity contribution in [2.75, 3.05) is 4.90 Å². The number of carbonyl (C=O) groups is 2. The second kappa shape index (κ2) is 10.8. The molecule has 5 nitrogen and oxygen atoms in total. The highest BCUT2D eigenvalue weighted by molar-refractivity contribution is 7.10. The van der Waals surface area contributed by atoms with Gasteiger partial charge in [0.15, 0.2) is 0 Å². The third kappa shape index (κ3) is 5.88. The molecular formula is C27H31N3O2S. The average molecular weight is 462 g/mol. The first kappa shape index (κ1) is 23.2. The lowest BCUT2D eigenvalue weighted by Crippen LogP contribution is -2.47. The summed E-state index contributed by atoms with van der Waals surface area (Å²) >= 11 is 1.55. The fourth-order valence-corrected chi connectivity index (χ4v) is 5.35. The number of aryl methyl sites for hydroxylation is 2. The molecule has 0 bridgehead atoms. The number of rotatable bonds is 7. The highest BCUT2D eigenvalue weighted by Gasteiger charge is 2.34. The van der Waals surface area contributed by atoms with Gasteiger partial charge >= 0.3 is 0 Å². The van der Waals surface area contributed by atoms with E-state index in [1.54, 1.807) is 28.6 Å². The summed E-state index contributed by atoms with van der Waals surface area (Å²) in [5.74, 6) is -0.247. The molecular weight excluding hydrogens is 430 g/mol. The maximum absolute atomic E-state index is 13.8. The molecule has 1 atom stereocenters. The van der Waals surface area contributed by atoms with E-state index in [0.29, 0.717) is 5.56 Å². The third-order valence-electron chi connectivity index (χ3n) is 6.12. The topological polar surface area (TPSA) is 62.3 Å². The van der Waals surface area contributed by atoms with E-state index in [-0.39, 0.29) is 24.3 Å². The van der Waals surface area contributed by atoms with Gasteiger partial charge in [-0.2, -0.15) is 0 Å². The van der Waals surface area contributed by atoms with Crippen molar-refractivity contribution in [1.29, 1.82) is 0 Å². The Hall–Kier alpha value is -2.99. The first-order valence-electron chi connectivity index (χ1n) is 11.6. The lowest BCUT2D eigenvalue weighted by Gasteiger charge is -2.33. The highest BCUT2D eigenvalue weighted by atomic mass is 32.1. The van der Waals surface area contributed by atoms with Gasteiger partial charge in [-0.25, -0.2) is 0 Å². The van der Waals surface area contributed by atoms with Crippen molar-refractivity contribution >= 4 is 28.8 Å². The smallest absolute Gasteiger partial charge is 0.248 e. The molecule has 0 spiro atoms. The molecule has 33 heavy (non-hydrogen) atoms. The maximum atomic E-state index is 13.8. The Labute approximate surface area is 199 Å². The Bertz CT molecular complexity index is 1060. The van der Waals surface area contributed by atoms with Crippen LogP contribution >= 0.6 is 11.3 Å². The van der Waals surface area contributed by atoms with Crippen LogP contribution in [0.2, 0.25) is 0 Å². The van der Waals surface area contributed by atoms with Gasteiger partial charge in [0.25, 0.3) is 0 Å². The van der Waals surface area contributed by atoms with Crippen molar-refractivity contribution in [3.63, 3.8) is 0 Å². The minimum atomic E-state index is -0.783. The van der Waals surface area contributed by atoms with Gasteiger partial charge in [0, 0.05) is 34.6 Å². The van der Waals surface area contributed by atoms with Gasteiger partial charge in [0.1, 0.15) is 6.04 Å². The Morgan fingerprint density at radius 3 is 2.48 bits per heavy atom. The molecule has 3 aromatic rings. The summed E-state index contributed by atoms with van der Waals surface area (Å²) in [4.78, 5) is 34.5. The van der Waals surface area contributed by atoms with Crippen LogP contribution in [0.15, 0.2) is 60.2 Å². The number of nitrogens with one attached hydrogen (secondary N) is 1. The molecule has 1 aliphatic carbocycles. The summed E-state index contributed by atoms with van der Waals surface area (Å²) in [5.41, 5.74) is 3.55. The predicted octanol–water partition coefficient (Wildman–Crippen LogP) is 5.53. The van der Waals surface area contributed by atoms with Gasteiger partial charge in [-0.15, -0.1) is 11.3 Å². The summed E-state index contributed by atoms with van der Waals surface area (Å²) < 4.78 is 0. The largest absolute Gasteiger partial charge is 0.351 e. The molecule has 2 aromatic heterocycles. The fourth-order valence-electron chi connectivity index (χ4n) is 4.66. The van der Waals surface area contributed by atoms with E-state index in [4.69, 9.17) is 0 Å². The van der Waals surface area contributed by atoms with Crippen LogP contribution < -0.4 is 10.2 Å². The second-order valence-electron chi connectivity index (χ2n) is 8.90. The minimum absolute atomic E-state index is 0.102. The number of pyridine rings is 1. The fraction of sp³-hybridized carbons (Fsp3) is 0.370. The number of amides is 2. The molecule has 4 rings (SSSR count). The van der Waals surface area contributed by atoms with Crippen LogP contribution in [0.3, 0.4) is 0 Å². The summed E-state index contributed by atoms with van der Waals surface area (Å²) in [7, 11) is 0. The van der Waals surface area contributed by atoms with E-state index in [0.717, 1.165) is 47.4 Å². The van der Waals surface area contributed by atoms with E-state index < -0.39 is 6.04 Å². The molecule has 6 heteroatoms. The molecule has 0 aliphatic heterocycles. The van der Waals surface area contributed by atoms with Crippen molar-refractivity contribution in [1.82, 2.24) is 10.3 Å². The van der Waals surface area contributed by atoms with Gasteiger partial charge < -0.3 is 5.32 Å². The molecule has 172 valence electrons. The van der Waals surface area contributed by atoms with E-state index in [1.807, 2.05) is 55.6 Å². The highest BCUT2D eigenvalue weighted by Crippen LogP contribution is 2.31. The van der Waals surface area contributed by atoms with Crippen molar-refractivity contribution in [2.24, 2.45) is 0 Å². The van der Waals surface area contributed by atoms with E-state index >= 15 is 0 Å². The molecule has 1 saturated carbocycles. The maximum Gasteiger partial charge on any atom is 0.248 e. The van der Waals surface area contributed by atoms with Gasteiger partial charge in [0.2, 0.25) is 11.8 Å². The van der Waals surface area contributed by atoms with Crippen molar-refractivity contribution < 1.29 is 9.59 Å². The number of anilines is 1. The Morgan fingerprint density at radius 2 is 1.85 bits per heavy atom. The number of hydrogen-bond acceptors (Lipinski definition) is 4. The van der Waals surface area contributed by atoms with Crippen LogP contribution in [-0.4, -0.2) is 22.8 Å². The molecule has 2 heterocycles. The zero-order valence-electron chi connectivity index (χ0n) is 19.3. The van der Waals surface area contributed by atoms with Crippen molar-refractivity contribution in [3.05, 3.63) is 81.8 Å². The summed E-state index contributed by atoms with van der Waals surface area (Å²) in [6.45, 7) is 4.03. The molecule has 1 aliphatic rings. The Morgan fingerprint density at radius 1 is 1.09 bits per heavy atom.